The van der Waals surface area contributed by atoms with E-state index in [2.05, 4.69) is 5.32 Å². The van der Waals surface area contributed by atoms with E-state index in [1.807, 2.05) is 0 Å². The van der Waals surface area contributed by atoms with Crippen LogP contribution in [-0.2, 0) is 6.42 Å². The normalized spacial score (nSPS) is 19.0. The Balaban J connectivity index is 1.79. The van der Waals surface area contributed by atoms with Crippen LogP contribution in [0.5, 0.6) is 0 Å². The van der Waals surface area contributed by atoms with E-state index < -0.39 is 21.2 Å². The number of anilines is 1. The third-order valence-electron chi connectivity index (χ3n) is 4.47. The molecule has 2 aromatic rings. The average Bonchev–Trinajstić information content (AvgIpc) is 2.95. The number of hydrogen-bond acceptors (Lipinski definition) is 1. The van der Waals surface area contributed by atoms with E-state index >= 15 is 0 Å². The summed E-state index contributed by atoms with van der Waals surface area (Å²) in [6, 6.07) is 6.82. The SMILES string of the molecule is CN(C(=O)Nc1cccc(S(F)(F)(F)(F)F)c1)C1CCc2cc(Cl)ccc21. The molecule has 0 saturated carbocycles. The Labute approximate surface area is 157 Å². The lowest BCUT2D eigenvalue weighted by atomic mass is 10.1. The number of carbonyl (C=O) groups is 1. The second-order valence-corrected chi connectivity index (χ2v) is 9.28. The maximum atomic E-state index is 12.9. The molecule has 0 spiro atoms. The van der Waals surface area contributed by atoms with E-state index in [1.54, 1.807) is 18.2 Å². The molecule has 148 valence electrons. The van der Waals surface area contributed by atoms with Crippen molar-refractivity contribution in [2.45, 2.75) is 23.8 Å². The Bertz CT molecular complexity index is 920. The van der Waals surface area contributed by atoms with Gasteiger partial charge in [-0.2, -0.15) is 0 Å². The number of urea groups is 1. The fourth-order valence-corrected chi connectivity index (χ4v) is 4.01. The van der Waals surface area contributed by atoms with Crippen LogP contribution in [0.2, 0.25) is 5.02 Å². The molecule has 1 aliphatic rings. The second kappa shape index (κ2) is 5.75. The highest BCUT2D eigenvalue weighted by molar-refractivity contribution is 8.45. The van der Waals surface area contributed by atoms with E-state index in [-0.39, 0.29) is 23.9 Å². The molecule has 0 bridgehead atoms. The van der Waals surface area contributed by atoms with Gasteiger partial charge in [0.15, 0.2) is 0 Å². The molecule has 0 aromatic heterocycles. The van der Waals surface area contributed by atoms with E-state index in [9.17, 15) is 24.2 Å². The molecule has 0 radical (unpaired) electrons. The van der Waals surface area contributed by atoms with Crippen LogP contribution in [0.4, 0.5) is 29.9 Å². The topological polar surface area (TPSA) is 32.3 Å². The Morgan fingerprint density at radius 3 is 2.52 bits per heavy atom. The van der Waals surface area contributed by atoms with Crippen molar-refractivity contribution in [3.63, 3.8) is 0 Å². The zero-order valence-corrected chi connectivity index (χ0v) is 15.6. The number of hydrogen-bond donors (Lipinski definition) is 1. The smallest absolute Gasteiger partial charge is 0.321 e. The van der Waals surface area contributed by atoms with Gasteiger partial charge >= 0.3 is 16.3 Å². The average molecular weight is 427 g/mol. The van der Waals surface area contributed by atoms with Crippen LogP contribution in [0.1, 0.15) is 23.6 Å². The molecule has 27 heavy (non-hydrogen) atoms. The molecule has 0 heterocycles. The molecule has 2 amide bonds. The summed E-state index contributed by atoms with van der Waals surface area (Å²) in [5.74, 6) is 0. The van der Waals surface area contributed by atoms with Crippen molar-refractivity contribution in [3.8, 4) is 0 Å². The highest BCUT2D eigenvalue weighted by atomic mass is 35.5. The van der Waals surface area contributed by atoms with Gasteiger partial charge in [0.1, 0.15) is 4.90 Å². The first kappa shape index (κ1) is 19.8. The van der Waals surface area contributed by atoms with Crippen LogP contribution >= 0.6 is 21.8 Å². The van der Waals surface area contributed by atoms with Gasteiger partial charge in [0, 0.05) is 17.8 Å². The summed E-state index contributed by atoms with van der Waals surface area (Å²) in [5.41, 5.74) is 1.54. The van der Waals surface area contributed by atoms with E-state index in [0.29, 0.717) is 17.9 Å². The van der Waals surface area contributed by atoms with E-state index in [0.717, 1.165) is 23.3 Å². The van der Waals surface area contributed by atoms with Gasteiger partial charge in [0.2, 0.25) is 0 Å². The molecular weight excluding hydrogens is 411 g/mol. The van der Waals surface area contributed by atoms with Gasteiger partial charge in [0.05, 0.1) is 6.04 Å². The van der Waals surface area contributed by atoms with E-state index in [1.165, 1.54) is 11.9 Å². The maximum absolute atomic E-state index is 12.9. The zero-order valence-electron chi connectivity index (χ0n) is 14.1. The molecule has 0 aliphatic heterocycles. The standard InChI is InChI=1S/C17H16ClF5N2OS/c1-25(16-8-5-11-9-12(18)6-7-15(11)16)17(26)24-13-3-2-4-14(10-13)27(19,20,21,22)23/h2-4,6-7,9-10,16H,5,8H2,1H3,(H,24,26). The maximum Gasteiger partial charge on any atom is 0.322 e. The van der Waals surface area contributed by atoms with Crippen LogP contribution < -0.4 is 5.32 Å². The van der Waals surface area contributed by atoms with Gasteiger partial charge in [0.25, 0.3) is 0 Å². The van der Waals surface area contributed by atoms with Crippen LogP contribution in [0, 0.1) is 0 Å². The monoisotopic (exact) mass is 426 g/mol. The molecule has 1 unspecified atom stereocenters. The summed E-state index contributed by atoms with van der Waals surface area (Å²) < 4.78 is 64.7. The lowest BCUT2D eigenvalue weighted by molar-refractivity contribution is 0.204. The van der Waals surface area contributed by atoms with Crippen molar-refractivity contribution in [1.29, 1.82) is 0 Å². The Morgan fingerprint density at radius 2 is 1.85 bits per heavy atom. The summed E-state index contributed by atoms with van der Waals surface area (Å²) >= 11 is 5.95. The molecule has 2 aromatic carbocycles. The molecule has 10 heteroatoms. The quantitative estimate of drug-likeness (QED) is 0.519. The van der Waals surface area contributed by atoms with Crippen LogP contribution in [-0.4, -0.2) is 18.0 Å². The van der Waals surface area contributed by atoms with Crippen molar-refractivity contribution in [1.82, 2.24) is 4.90 Å². The van der Waals surface area contributed by atoms with Crippen molar-refractivity contribution in [3.05, 3.63) is 58.6 Å². The first-order chi connectivity index (χ1) is 12.2. The predicted molar refractivity (Wildman–Crippen MR) is 97.1 cm³/mol. The number of aryl methyl sites for hydroxylation is 1. The first-order valence-corrected chi connectivity index (χ1v) is 10.2. The number of halogens is 6. The summed E-state index contributed by atoms with van der Waals surface area (Å²) in [6.45, 7) is 0. The Hall–Kier alpha value is -2.00. The minimum Gasteiger partial charge on any atom is -0.321 e. The van der Waals surface area contributed by atoms with Crippen LogP contribution in [0.15, 0.2) is 47.4 Å². The molecule has 1 atom stereocenters. The second-order valence-electron chi connectivity index (χ2n) is 6.44. The lowest BCUT2D eigenvalue weighted by Crippen LogP contribution is -2.34. The first-order valence-electron chi connectivity index (χ1n) is 7.91. The molecule has 1 aliphatic carbocycles. The number of carbonyl (C=O) groups excluding carboxylic acids is 1. The number of amides is 2. The number of rotatable bonds is 3. The minimum absolute atomic E-state index is 0.246. The third-order valence-corrected chi connectivity index (χ3v) is 5.85. The van der Waals surface area contributed by atoms with Gasteiger partial charge in [-0.3, -0.25) is 0 Å². The Kier molecular flexibility index (Phi) is 4.20. The Morgan fingerprint density at radius 1 is 1.15 bits per heavy atom. The minimum atomic E-state index is -9.81. The van der Waals surface area contributed by atoms with Gasteiger partial charge in [-0.1, -0.05) is 43.2 Å². The molecule has 0 saturated heterocycles. The zero-order chi connectivity index (χ0) is 20.1. The van der Waals surface area contributed by atoms with Crippen LogP contribution in [0.3, 0.4) is 0 Å². The molecular formula is C17H16ClF5N2OS. The molecule has 1 N–H and O–H groups in total. The third kappa shape index (κ3) is 4.30. The highest BCUT2D eigenvalue weighted by Gasteiger charge is 2.65. The number of fused-ring (bicyclic) bond motifs is 1. The summed E-state index contributed by atoms with van der Waals surface area (Å²) in [6.07, 6.45) is 1.34. The largest absolute Gasteiger partial charge is 0.322 e. The van der Waals surface area contributed by atoms with Crippen molar-refractivity contribution in [2.24, 2.45) is 0 Å². The van der Waals surface area contributed by atoms with Crippen molar-refractivity contribution < 1.29 is 24.2 Å². The predicted octanol–water partition coefficient (Wildman–Crippen LogP) is 7.15. The highest BCUT2D eigenvalue weighted by Crippen LogP contribution is 3.02. The molecule has 3 rings (SSSR count). The van der Waals surface area contributed by atoms with E-state index in [4.69, 9.17) is 11.6 Å². The molecule has 0 fully saturated rings. The lowest BCUT2D eigenvalue weighted by Gasteiger charge is -2.40. The van der Waals surface area contributed by atoms with Gasteiger partial charge in [-0.25, -0.2) is 4.79 Å². The molecule has 3 nitrogen and oxygen atoms in total. The van der Waals surface area contributed by atoms with Crippen molar-refractivity contribution >= 4 is 33.5 Å². The van der Waals surface area contributed by atoms with Gasteiger partial charge < -0.3 is 10.2 Å². The van der Waals surface area contributed by atoms with Crippen LogP contribution in [0.25, 0.3) is 0 Å². The summed E-state index contributed by atoms with van der Waals surface area (Å²) in [7, 11) is -8.31. The van der Waals surface area contributed by atoms with Crippen molar-refractivity contribution in [2.75, 3.05) is 12.4 Å². The summed E-state index contributed by atoms with van der Waals surface area (Å²) in [5, 5.41) is 2.83. The summed E-state index contributed by atoms with van der Waals surface area (Å²) in [4.78, 5) is 11.7. The van der Waals surface area contributed by atoms with Gasteiger partial charge in [-0.15, -0.1) is 0 Å². The fourth-order valence-electron chi connectivity index (χ4n) is 3.13. The number of nitrogens with one attached hydrogen (secondary N) is 1. The number of benzene rings is 2. The fraction of sp³-hybridized carbons (Fsp3) is 0.235. The van der Waals surface area contributed by atoms with Gasteiger partial charge in [-0.05, 0) is 54.3 Å². The number of nitrogens with zero attached hydrogens (tertiary/aromatic N) is 1.